The summed E-state index contributed by atoms with van der Waals surface area (Å²) in [5.41, 5.74) is 0. The van der Waals surface area contributed by atoms with Gasteiger partial charge in [0.15, 0.2) is 0 Å². The molecule has 0 heterocycles. The largest absolute Gasteiger partial charge is 0.756 e. The van der Waals surface area contributed by atoms with Crippen LogP contribution in [0.1, 0.15) is 181 Å². The number of rotatable bonds is 36. The maximum absolute atomic E-state index is 12.2. The third-order valence-electron chi connectivity index (χ3n) is 8.91. The van der Waals surface area contributed by atoms with E-state index in [9.17, 15) is 14.8 Å². The van der Waals surface area contributed by atoms with Gasteiger partial charge >= 0.3 is 0 Å². The average Bonchev–Trinajstić information content (AvgIpc) is 3.09. The van der Waals surface area contributed by atoms with Crippen molar-refractivity contribution in [2.24, 2.45) is 0 Å². The van der Waals surface area contributed by atoms with E-state index < -0.39 is 0 Å². The Labute approximate surface area is 303 Å². The minimum absolute atomic E-state index is 0.151. The van der Waals surface area contributed by atoms with E-state index in [0.29, 0.717) is 30.9 Å². The summed E-state index contributed by atoms with van der Waals surface area (Å²) in [5.74, 6) is -0.127. The first-order chi connectivity index (χ1) is 24.0. The van der Waals surface area contributed by atoms with Crippen molar-refractivity contribution in [1.82, 2.24) is 15.3 Å². The molecule has 0 aromatic carbocycles. The van der Waals surface area contributed by atoms with Gasteiger partial charge in [-0.2, -0.15) is 0 Å². The van der Waals surface area contributed by atoms with Crippen molar-refractivity contribution >= 4 is 11.8 Å². The van der Waals surface area contributed by atoms with E-state index in [1.807, 2.05) is 7.05 Å². The lowest BCUT2D eigenvalue weighted by Crippen LogP contribution is -2.31. The molecule has 0 aliphatic rings. The normalized spacial score (nSPS) is 12.1. The quantitative estimate of drug-likeness (QED) is 0.0405. The lowest BCUT2D eigenvalue weighted by Gasteiger charge is -2.29. The van der Waals surface area contributed by atoms with Crippen LogP contribution in [0.3, 0.4) is 0 Å². The van der Waals surface area contributed by atoms with Gasteiger partial charge in [0, 0.05) is 25.9 Å². The lowest BCUT2D eigenvalue weighted by atomic mass is 10.1. The van der Waals surface area contributed by atoms with Crippen LogP contribution in [-0.4, -0.2) is 55.0 Å². The first kappa shape index (κ1) is 46.8. The Morgan fingerprint density at radius 3 is 1.45 bits per heavy atom. The Morgan fingerprint density at radius 1 is 0.510 bits per heavy atom. The monoisotopic (exact) mass is 685 g/mol. The van der Waals surface area contributed by atoms with Gasteiger partial charge < -0.3 is 20.5 Å². The van der Waals surface area contributed by atoms with Gasteiger partial charge in [-0.1, -0.05) is 127 Å². The molecule has 0 rings (SSSR count). The van der Waals surface area contributed by atoms with Crippen LogP contribution in [-0.2, 0) is 9.59 Å². The summed E-state index contributed by atoms with van der Waals surface area (Å²) in [6, 6.07) is 0. The third-order valence-corrected chi connectivity index (χ3v) is 8.91. The zero-order chi connectivity index (χ0) is 35.9. The van der Waals surface area contributed by atoms with E-state index >= 15 is 0 Å². The SMILES string of the molecule is CCCCC/C=C/C/C=C/CCCCCCCC(=O)NCCCN(C)CCCN([O-])C(=O)CCCCCCC/C=C/C/C=C/CCCCC. The molecule has 284 valence electrons. The van der Waals surface area contributed by atoms with Gasteiger partial charge in [0.05, 0.1) is 0 Å². The molecule has 0 aliphatic heterocycles. The second kappa shape index (κ2) is 38.6. The van der Waals surface area contributed by atoms with Gasteiger partial charge in [-0.25, -0.2) is 0 Å². The molecule has 6 heteroatoms. The molecule has 49 heavy (non-hydrogen) atoms. The topological polar surface area (TPSA) is 75.7 Å². The standard InChI is InChI=1S/C43H78N3O3/c1-4-6-8-10-12-14-16-18-20-22-24-26-28-30-32-36-42(47)44-38-34-39-45(3)40-35-41-46(49)43(48)37-33-31-29-27-25-23-21-19-17-15-13-11-9-7-5-2/h12-15,18-21H,4-11,16-17,22-41H2,1-3H3,(H,44,47)/q-1/b14-12+,15-13+,20-18+,21-19+. The summed E-state index contributed by atoms with van der Waals surface area (Å²) in [6.07, 6.45) is 46.5. The maximum atomic E-state index is 12.2. The van der Waals surface area contributed by atoms with E-state index in [2.05, 4.69) is 72.7 Å². The molecule has 0 radical (unpaired) electrons. The molecule has 0 aromatic rings. The van der Waals surface area contributed by atoms with Crippen LogP contribution in [0, 0.1) is 5.21 Å². The molecule has 0 spiro atoms. The molecular formula is C43H78N3O3-. The van der Waals surface area contributed by atoms with Gasteiger partial charge in [-0.05, 0) is 110 Å². The number of amides is 2. The highest BCUT2D eigenvalue weighted by Crippen LogP contribution is 2.10. The van der Waals surface area contributed by atoms with E-state index in [1.165, 1.54) is 83.5 Å². The van der Waals surface area contributed by atoms with Crippen LogP contribution in [0.2, 0.25) is 0 Å². The predicted octanol–water partition coefficient (Wildman–Crippen LogP) is 11.8. The molecule has 2 amide bonds. The number of hydrogen-bond donors (Lipinski definition) is 1. The Kier molecular flexibility index (Phi) is 36.9. The second-order valence-electron chi connectivity index (χ2n) is 13.8. The van der Waals surface area contributed by atoms with E-state index in [0.717, 1.165) is 77.3 Å². The zero-order valence-corrected chi connectivity index (χ0v) is 32.5. The van der Waals surface area contributed by atoms with E-state index in [1.54, 1.807) is 0 Å². The van der Waals surface area contributed by atoms with Crippen LogP contribution in [0.4, 0.5) is 0 Å². The fourth-order valence-electron chi connectivity index (χ4n) is 5.70. The maximum Gasteiger partial charge on any atom is 0.219 e. The molecule has 0 saturated heterocycles. The Balaban J connectivity index is 3.56. The highest BCUT2D eigenvalue weighted by Gasteiger charge is 2.06. The van der Waals surface area contributed by atoms with Gasteiger partial charge in [0.2, 0.25) is 11.8 Å². The molecule has 6 nitrogen and oxygen atoms in total. The Morgan fingerprint density at radius 2 is 0.939 bits per heavy atom. The van der Waals surface area contributed by atoms with Crippen LogP contribution in [0.25, 0.3) is 0 Å². The number of hydroxylamine groups is 2. The number of hydrogen-bond acceptors (Lipinski definition) is 4. The van der Waals surface area contributed by atoms with Gasteiger partial charge in [0.1, 0.15) is 0 Å². The Hall–Kier alpha value is -2.18. The number of nitrogens with one attached hydrogen (secondary N) is 1. The van der Waals surface area contributed by atoms with Crippen molar-refractivity contribution in [3.05, 3.63) is 53.8 Å². The van der Waals surface area contributed by atoms with Crippen molar-refractivity contribution in [2.75, 3.05) is 33.2 Å². The molecule has 0 unspecified atom stereocenters. The number of unbranched alkanes of at least 4 members (excludes halogenated alkanes) is 16. The summed E-state index contributed by atoms with van der Waals surface area (Å²) < 4.78 is 0. The van der Waals surface area contributed by atoms with Crippen molar-refractivity contribution in [3.8, 4) is 0 Å². The molecule has 0 fully saturated rings. The molecule has 1 N–H and O–H groups in total. The van der Waals surface area contributed by atoms with E-state index in [-0.39, 0.29) is 18.4 Å². The first-order valence-electron chi connectivity index (χ1n) is 20.5. The highest BCUT2D eigenvalue weighted by atomic mass is 16.5. The number of carbonyl (C=O) groups excluding carboxylic acids is 2. The average molecular weight is 685 g/mol. The van der Waals surface area contributed by atoms with Crippen molar-refractivity contribution in [2.45, 2.75) is 181 Å². The highest BCUT2D eigenvalue weighted by molar-refractivity contribution is 5.76. The van der Waals surface area contributed by atoms with E-state index in [4.69, 9.17) is 0 Å². The number of carbonyl (C=O) groups is 2. The summed E-state index contributed by atoms with van der Waals surface area (Å²) in [6.45, 7) is 7.06. The summed E-state index contributed by atoms with van der Waals surface area (Å²) in [5, 5.41) is 15.9. The fourth-order valence-corrected chi connectivity index (χ4v) is 5.70. The van der Waals surface area contributed by atoms with Crippen LogP contribution >= 0.6 is 0 Å². The summed E-state index contributed by atoms with van der Waals surface area (Å²) in [7, 11) is 2.03. The van der Waals surface area contributed by atoms with Gasteiger partial charge in [-0.3, -0.25) is 9.59 Å². The van der Waals surface area contributed by atoms with Crippen LogP contribution < -0.4 is 5.32 Å². The van der Waals surface area contributed by atoms with Crippen molar-refractivity contribution in [1.29, 1.82) is 0 Å². The third kappa shape index (κ3) is 36.9. The van der Waals surface area contributed by atoms with Gasteiger partial charge in [-0.15, -0.1) is 0 Å². The minimum Gasteiger partial charge on any atom is -0.756 e. The van der Waals surface area contributed by atoms with Crippen molar-refractivity contribution in [3.63, 3.8) is 0 Å². The number of nitrogens with zero attached hydrogens (tertiary/aromatic N) is 2. The lowest BCUT2D eigenvalue weighted by molar-refractivity contribution is -0.128. The smallest absolute Gasteiger partial charge is 0.219 e. The molecule has 0 saturated carbocycles. The molecule has 0 atom stereocenters. The second-order valence-corrected chi connectivity index (χ2v) is 13.8. The number of allylic oxidation sites excluding steroid dienone is 8. The van der Waals surface area contributed by atoms with Crippen LogP contribution in [0.5, 0.6) is 0 Å². The summed E-state index contributed by atoms with van der Waals surface area (Å²) in [4.78, 5) is 26.5. The Bertz CT molecular complexity index is 851. The fraction of sp³-hybridized carbons (Fsp3) is 0.767. The molecule has 0 aromatic heterocycles. The van der Waals surface area contributed by atoms with Crippen molar-refractivity contribution < 1.29 is 9.59 Å². The molecule has 0 bridgehead atoms. The minimum atomic E-state index is -0.278. The molecular weight excluding hydrogens is 606 g/mol. The van der Waals surface area contributed by atoms with Crippen LogP contribution in [0.15, 0.2) is 48.6 Å². The summed E-state index contributed by atoms with van der Waals surface area (Å²) >= 11 is 0. The molecule has 0 aliphatic carbocycles. The van der Waals surface area contributed by atoms with Gasteiger partial charge in [0.25, 0.3) is 0 Å². The zero-order valence-electron chi connectivity index (χ0n) is 32.5. The predicted molar refractivity (Wildman–Crippen MR) is 214 cm³/mol. The first-order valence-corrected chi connectivity index (χ1v) is 20.5.